The number of hydrogen-bond acceptors (Lipinski definition) is 2. The van der Waals surface area contributed by atoms with Crippen LogP contribution >= 0.6 is 15.9 Å². The van der Waals surface area contributed by atoms with Crippen molar-refractivity contribution < 1.29 is 13.9 Å². The Morgan fingerprint density at radius 2 is 2.44 bits per heavy atom. The topological polar surface area (TPSA) is 26.3 Å². The van der Waals surface area contributed by atoms with Crippen LogP contribution in [0.15, 0.2) is 0 Å². The summed E-state index contributed by atoms with van der Waals surface area (Å²) in [5, 5.41) is 0.209. The minimum absolute atomic E-state index is 0.152. The van der Waals surface area contributed by atoms with Gasteiger partial charge in [0.25, 0.3) is 0 Å². The van der Waals surface area contributed by atoms with Gasteiger partial charge in [0, 0.05) is 12.3 Å². The smallest absolute Gasteiger partial charge is 0.302 e. The molecule has 0 saturated carbocycles. The predicted molar refractivity (Wildman–Crippen MR) is 35.3 cm³/mol. The van der Waals surface area contributed by atoms with Crippen LogP contribution < -0.4 is 0 Å². The van der Waals surface area contributed by atoms with Gasteiger partial charge in [0.05, 0.1) is 0 Å². The molecule has 0 N–H and O–H groups in total. The third-order valence-corrected chi connectivity index (χ3v) is 1.34. The Kier molecular flexibility index (Phi) is 4.67. The number of rotatable bonds is 3. The minimum atomic E-state index is -1.09. The number of halogens is 2. The van der Waals surface area contributed by atoms with Gasteiger partial charge in [0.15, 0.2) is 0 Å². The summed E-state index contributed by atoms with van der Waals surface area (Å²) < 4.78 is 16.5. The van der Waals surface area contributed by atoms with E-state index in [0.717, 1.165) is 0 Å². The van der Waals surface area contributed by atoms with Crippen molar-refractivity contribution in [1.29, 1.82) is 0 Å². The zero-order chi connectivity index (χ0) is 7.28. The molecule has 54 valence electrons. The summed E-state index contributed by atoms with van der Waals surface area (Å²) in [6.45, 7) is 1.10. The molecule has 2 nitrogen and oxygen atoms in total. The fraction of sp³-hybridized carbons (Fsp3) is 0.800. The number of hydrogen-bond donors (Lipinski definition) is 0. The monoisotopic (exact) mass is 198 g/mol. The Bertz CT molecular complexity index is 97.0. The standard InChI is InChI=1S/C5H8BrFO2/c1-4(8)9-3-5(7)2-6/h5H,2-3H2,1H3. The first-order valence-corrected chi connectivity index (χ1v) is 3.62. The molecule has 0 aliphatic heterocycles. The van der Waals surface area contributed by atoms with E-state index in [2.05, 4.69) is 20.7 Å². The fourth-order valence-electron chi connectivity index (χ4n) is 0.252. The molecule has 0 aromatic carbocycles. The van der Waals surface area contributed by atoms with Gasteiger partial charge in [-0.2, -0.15) is 0 Å². The van der Waals surface area contributed by atoms with Crippen LogP contribution in [0.5, 0.6) is 0 Å². The van der Waals surface area contributed by atoms with Gasteiger partial charge in [0.1, 0.15) is 12.8 Å². The van der Waals surface area contributed by atoms with Crippen LogP contribution in [0.1, 0.15) is 6.92 Å². The SMILES string of the molecule is CC(=O)OCC(F)CBr. The summed E-state index contributed by atoms with van der Waals surface area (Å²) in [6.07, 6.45) is -1.09. The first-order valence-electron chi connectivity index (χ1n) is 2.50. The minimum Gasteiger partial charge on any atom is -0.463 e. The van der Waals surface area contributed by atoms with Gasteiger partial charge in [-0.3, -0.25) is 4.79 Å². The Morgan fingerprint density at radius 1 is 1.89 bits per heavy atom. The van der Waals surface area contributed by atoms with Gasteiger partial charge in [0.2, 0.25) is 0 Å². The van der Waals surface area contributed by atoms with Crippen molar-refractivity contribution in [1.82, 2.24) is 0 Å². The van der Waals surface area contributed by atoms with E-state index in [1.807, 2.05) is 0 Å². The van der Waals surface area contributed by atoms with Crippen LogP contribution in [0.3, 0.4) is 0 Å². The highest BCUT2D eigenvalue weighted by molar-refractivity contribution is 9.09. The molecular weight excluding hydrogens is 191 g/mol. The summed E-state index contributed by atoms with van der Waals surface area (Å²) in [6, 6.07) is 0. The van der Waals surface area contributed by atoms with E-state index in [1.165, 1.54) is 6.92 Å². The van der Waals surface area contributed by atoms with E-state index in [-0.39, 0.29) is 11.9 Å². The molecule has 1 unspecified atom stereocenters. The van der Waals surface area contributed by atoms with Crippen molar-refractivity contribution in [2.75, 3.05) is 11.9 Å². The molecule has 0 bridgehead atoms. The summed E-state index contributed by atoms with van der Waals surface area (Å²) in [7, 11) is 0. The number of alkyl halides is 2. The lowest BCUT2D eigenvalue weighted by atomic mass is 10.5. The zero-order valence-corrected chi connectivity index (χ0v) is 6.65. The average molecular weight is 199 g/mol. The Labute approximate surface area is 61.5 Å². The molecule has 0 aliphatic carbocycles. The number of carbonyl (C=O) groups is 1. The predicted octanol–water partition coefficient (Wildman–Crippen LogP) is 1.28. The molecule has 1 atom stereocenters. The summed E-state index contributed by atoms with van der Waals surface area (Å²) in [4.78, 5) is 10.1. The number of esters is 1. The lowest BCUT2D eigenvalue weighted by Crippen LogP contribution is -2.13. The van der Waals surface area contributed by atoms with Crippen LogP contribution in [-0.4, -0.2) is 24.1 Å². The first kappa shape index (κ1) is 8.88. The van der Waals surface area contributed by atoms with Crippen LogP contribution in [0.4, 0.5) is 4.39 Å². The molecule has 0 saturated heterocycles. The Morgan fingerprint density at radius 3 is 2.78 bits per heavy atom. The van der Waals surface area contributed by atoms with E-state index in [4.69, 9.17) is 0 Å². The van der Waals surface area contributed by atoms with Crippen molar-refractivity contribution in [3.63, 3.8) is 0 Å². The maximum Gasteiger partial charge on any atom is 0.302 e. The summed E-state index contributed by atoms with van der Waals surface area (Å²) in [5.74, 6) is -0.446. The normalized spacial score (nSPS) is 12.8. The Hall–Kier alpha value is -0.120. The molecule has 0 fully saturated rings. The molecule has 0 amide bonds. The largest absolute Gasteiger partial charge is 0.463 e. The highest BCUT2D eigenvalue weighted by Gasteiger charge is 2.04. The second kappa shape index (κ2) is 4.73. The lowest BCUT2D eigenvalue weighted by Gasteiger charge is -2.02. The molecule has 4 heteroatoms. The van der Waals surface area contributed by atoms with E-state index < -0.39 is 12.1 Å². The van der Waals surface area contributed by atoms with Crippen molar-refractivity contribution >= 4 is 21.9 Å². The lowest BCUT2D eigenvalue weighted by molar-refractivity contribution is -0.142. The van der Waals surface area contributed by atoms with Gasteiger partial charge in [-0.05, 0) is 0 Å². The van der Waals surface area contributed by atoms with Gasteiger partial charge >= 0.3 is 5.97 Å². The third kappa shape index (κ3) is 5.76. The van der Waals surface area contributed by atoms with Crippen LogP contribution in [-0.2, 0) is 9.53 Å². The van der Waals surface area contributed by atoms with Gasteiger partial charge in [-0.1, -0.05) is 15.9 Å². The first-order chi connectivity index (χ1) is 4.16. The van der Waals surface area contributed by atoms with Gasteiger partial charge < -0.3 is 4.74 Å². The van der Waals surface area contributed by atoms with E-state index >= 15 is 0 Å². The maximum atomic E-state index is 12.2. The summed E-state index contributed by atoms with van der Waals surface area (Å²) >= 11 is 2.90. The second-order valence-electron chi connectivity index (χ2n) is 1.55. The second-order valence-corrected chi connectivity index (χ2v) is 2.20. The third-order valence-electron chi connectivity index (χ3n) is 0.635. The highest BCUT2D eigenvalue weighted by Crippen LogP contribution is 1.96. The van der Waals surface area contributed by atoms with E-state index in [0.29, 0.717) is 0 Å². The van der Waals surface area contributed by atoms with Crippen molar-refractivity contribution in [2.24, 2.45) is 0 Å². The molecule has 0 aliphatic rings. The molecule has 9 heavy (non-hydrogen) atoms. The van der Waals surface area contributed by atoms with Crippen molar-refractivity contribution in [2.45, 2.75) is 13.1 Å². The van der Waals surface area contributed by atoms with Crippen molar-refractivity contribution in [3.05, 3.63) is 0 Å². The van der Waals surface area contributed by atoms with Crippen molar-refractivity contribution in [3.8, 4) is 0 Å². The fourth-order valence-corrected chi connectivity index (χ4v) is 0.439. The molecule has 0 aromatic heterocycles. The summed E-state index contributed by atoms with van der Waals surface area (Å²) in [5.41, 5.74) is 0. The Balaban J connectivity index is 3.16. The van der Waals surface area contributed by atoms with E-state index in [1.54, 1.807) is 0 Å². The molecule has 0 rings (SSSR count). The van der Waals surface area contributed by atoms with Gasteiger partial charge in [-0.25, -0.2) is 4.39 Å². The van der Waals surface area contributed by atoms with Crippen LogP contribution in [0.25, 0.3) is 0 Å². The van der Waals surface area contributed by atoms with Gasteiger partial charge in [-0.15, -0.1) is 0 Å². The zero-order valence-electron chi connectivity index (χ0n) is 5.06. The number of ether oxygens (including phenoxy) is 1. The number of carbonyl (C=O) groups excluding carboxylic acids is 1. The molecule has 0 radical (unpaired) electrons. The quantitative estimate of drug-likeness (QED) is 0.505. The average Bonchev–Trinajstić information content (AvgIpc) is 1.83. The molecule has 0 heterocycles. The molecule has 0 aromatic rings. The molecule has 0 spiro atoms. The molecular formula is C5H8BrFO2. The van der Waals surface area contributed by atoms with E-state index in [9.17, 15) is 9.18 Å². The van der Waals surface area contributed by atoms with Crippen LogP contribution in [0, 0.1) is 0 Å². The van der Waals surface area contributed by atoms with Crippen LogP contribution in [0.2, 0.25) is 0 Å². The highest BCUT2D eigenvalue weighted by atomic mass is 79.9. The maximum absolute atomic E-state index is 12.2.